The van der Waals surface area contributed by atoms with E-state index in [0.29, 0.717) is 13.0 Å². The lowest BCUT2D eigenvalue weighted by Crippen LogP contribution is -2.43. The predicted octanol–water partition coefficient (Wildman–Crippen LogP) is 1.93. The Morgan fingerprint density at radius 3 is 2.40 bits per heavy atom. The molecule has 0 amide bonds. The molecule has 0 spiro atoms. The van der Waals surface area contributed by atoms with Crippen molar-refractivity contribution in [3.63, 3.8) is 0 Å². The maximum atomic E-state index is 12.2. The number of nitrogens with one attached hydrogen (secondary N) is 2. The first-order chi connectivity index (χ1) is 9.45. The van der Waals surface area contributed by atoms with Gasteiger partial charge in [0, 0.05) is 12.6 Å². The molecule has 0 bridgehead atoms. The number of hydrogen-bond acceptors (Lipinski definition) is 3. The zero-order valence-electron chi connectivity index (χ0n) is 12.6. The van der Waals surface area contributed by atoms with Crippen LogP contribution in [0, 0.1) is 0 Å². The monoisotopic (exact) mass is 298 g/mol. The highest BCUT2D eigenvalue weighted by Gasteiger charge is 2.22. The number of sulfonamides is 1. The summed E-state index contributed by atoms with van der Waals surface area (Å²) in [5, 5.41) is 2.72. The Morgan fingerprint density at radius 1 is 1.15 bits per heavy atom. The molecule has 114 valence electrons. The van der Waals surface area contributed by atoms with Crippen molar-refractivity contribution in [2.24, 2.45) is 0 Å². The van der Waals surface area contributed by atoms with Crippen molar-refractivity contribution >= 4 is 10.0 Å². The van der Waals surface area contributed by atoms with Crippen molar-refractivity contribution in [3.8, 4) is 0 Å². The van der Waals surface area contributed by atoms with Gasteiger partial charge in [-0.25, -0.2) is 13.1 Å². The Bertz CT molecular complexity index is 474. The van der Waals surface area contributed by atoms with Crippen LogP contribution in [0.2, 0.25) is 0 Å². The summed E-state index contributed by atoms with van der Waals surface area (Å²) in [4.78, 5) is 0. The second-order valence-corrected chi connectivity index (χ2v) is 7.40. The number of benzene rings is 1. The van der Waals surface area contributed by atoms with Crippen LogP contribution in [0.3, 0.4) is 0 Å². The van der Waals surface area contributed by atoms with Gasteiger partial charge in [-0.1, -0.05) is 37.3 Å². The molecule has 1 rings (SSSR count). The molecule has 0 aliphatic rings. The summed E-state index contributed by atoms with van der Waals surface area (Å²) in [5.41, 5.74) is 1.14. The average Bonchev–Trinajstić information content (AvgIpc) is 2.39. The highest BCUT2D eigenvalue weighted by Crippen LogP contribution is 2.05. The van der Waals surface area contributed by atoms with Gasteiger partial charge in [-0.05, 0) is 38.8 Å². The predicted molar refractivity (Wildman–Crippen MR) is 84.3 cm³/mol. The van der Waals surface area contributed by atoms with Gasteiger partial charge in [0.25, 0.3) is 0 Å². The smallest absolute Gasteiger partial charge is 0.215 e. The summed E-state index contributed by atoms with van der Waals surface area (Å²) in [6.45, 7) is 7.03. The molecule has 1 aromatic rings. The van der Waals surface area contributed by atoms with Crippen LogP contribution in [0.4, 0.5) is 0 Å². The van der Waals surface area contributed by atoms with Crippen LogP contribution in [0.15, 0.2) is 30.3 Å². The molecule has 4 nitrogen and oxygen atoms in total. The van der Waals surface area contributed by atoms with Gasteiger partial charge in [-0.2, -0.15) is 0 Å². The van der Waals surface area contributed by atoms with Gasteiger partial charge in [0.1, 0.15) is 0 Å². The van der Waals surface area contributed by atoms with Gasteiger partial charge in [0.05, 0.1) is 5.25 Å². The molecule has 0 radical (unpaired) electrons. The molecule has 0 aliphatic heterocycles. The Balaban J connectivity index is 2.48. The highest BCUT2D eigenvalue weighted by molar-refractivity contribution is 7.90. The standard InChI is InChI=1S/C15H26N2O2S/c1-4-10-16-12-14(3)20(18,19)17-13(2)11-15-8-6-5-7-9-15/h5-9,13-14,16-17H,4,10-12H2,1-3H3. The molecule has 2 N–H and O–H groups in total. The van der Waals surface area contributed by atoms with Gasteiger partial charge < -0.3 is 5.32 Å². The SMILES string of the molecule is CCCNCC(C)S(=O)(=O)NC(C)Cc1ccccc1. The summed E-state index contributed by atoms with van der Waals surface area (Å²) >= 11 is 0. The molecule has 2 unspecified atom stereocenters. The van der Waals surface area contributed by atoms with Crippen LogP contribution in [-0.2, 0) is 16.4 Å². The summed E-state index contributed by atoms with van der Waals surface area (Å²) in [6, 6.07) is 9.81. The molecular weight excluding hydrogens is 272 g/mol. The summed E-state index contributed by atoms with van der Waals surface area (Å²) in [7, 11) is -3.27. The Hall–Kier alpha value is -0.910. The molecule has 0 saturated carbocycles. The largest absolute Gasteiger partial charge is 0.315 e. The lowest BCUT2D eigenvalue weighted by atomic mass is 10.1. The lowest BCUT2D eigenvalue weighted by Gasteiger charge is -2.19. The van der Waals surface area contributed by atoms with Crippen LogP contribution in [0.1, 0.15) is 32.8 Å². The van der Waals surface area contributed by atoms with E-state index < -0.39 is 15.3 Å². The minimum Gasteiger partial charge on any atom is -0.315 e. The zero-order valence-corrected chi connectivity index (χ0v) is 13.4. The van der Waals surface area contributed by atoms with E-state index in [1.807, 2.05) is 37.3 Å². The fourth-order valence-corrected chi connectivity index (χ4v) is 3.21. The first-order valence-electron chi connectivity index (χ1n) is 7.21. The molecule has 0 aromatic heterocycles. The van der Waals surface area contributed by atoms with Gasteiger partial charge in [-0.15, -0.1) is 0 Å². The van der Waals surface area contributed by atoms with Crippen molar-refractivity contribution in [1.29, 1.82) is 0 Å². The summed E-state index contributed by atoms with van der Waals surface area (Å²) in [6.07, 6.45) is 1.71. The second kappa shape index (κ2) is 8.39. The molecule has 1 aromatic carbocycles. The van der Waals surface area contributed by atoms with Gasteiger partial charge in [-0.3, -0.25) is 0 Å². The normalized spacial score (nSPS) is 14.9. The summed E-state index contributed by atoms with van der Waals surface area (Å²) < 4.78 is 27.1. The van der Waals surface area contributed by atoms with Gasteiger partial charge in [0.2, 0.25) is 10.0 Å². The van der Waals surface area contributed by atoms with E-state index in [0.717, 1.165) is 18.5 Å². The van der Waals surface area contributed by atoms with E-state index in [1.165, 1.54) is 0 Å². The third-order valence-corrected chi connectivity index (χ3v) is 5.10. The Kier molecular flexibility index (Phi) is 7.19. The van der Waals surface area contributed by atoms with E-state index in [4.69, 9.17) is 0 Å². The fourth-order valence-electron chi connectivity index (χ4n) is 2.00. The maximum absolute atomic E-state index is 12.2. The van der Waals surface area contributed by atoms with Crippen LogP contribution in [0.5, 0.6) is 0 Å². The van der Waals surface area contributed by atoms with Crippen LogP contribution < -0.4 is 10.0 Å². The minimum atomic E-state index is -3.27. The van der Waals surface area contributed by atoms with Crippen molar-refractivity contribution in [2.45, 2.75) is 44.9 Å². The minimum absolute atomic E-state index is 0.101. The number of hydrogen-bond donors (Lipinski definition) is 2. The second-order valence-electron chi connectivity index (χ2n) is 5.27. The van der Waals surface area contributed by atoms with Crippen molar-refractivity contribution < 1.29 is 8.42 Å². The molecule has 20 heavy (non-hydrogen) atoms. The molecule has 0 fully saturated rings. The number of rotatable bonds is 9. The third-order valence-electron chi connectivity index (χ3n) is 3.14. The topological polar surface area (TPSA) is 58.2 Å². The molecule has 0 saturated heterocycles. The Labute approximate surface area is 123 Å². The van der Waals surface area contributed by atoms with Crippen LogP contribution >= 0.6 is 0 Å². The van der Waals surface area contributed by atoms with Crippen molar-refractivity contribution in [1.82, 2.24) is 10.0 Å². The van der Waals surface area contributed by atoms with Crippen molar-refractivity contribution in [2.75, 3.05) is 13.1 Å². The highest BCUT2D eigenvalue weighted by atomic mass is 32.2. The zero-order chi connectivity index (χ0) is 15.0. The fraction of sp³-hybridized carbons (Fsp3) is 0.600. The van der Waals surface area contributed by atoms with E-state index in [-0.39, 0.29) is 6.04 Å². The van der Waals surface area contributed by atoms with E-state index in [2.05, 4.69) is 17.0 Å². The Morgan fingerprint density at radius 2 is 1.80 bits per heavy atom. The van der Waals surface area contributed by atoms with E-state index >= 15 is 0 Å². The molecule has 0 heterocycles. The lowest BCUT2D eigenvalue weighted by molar-refractivity contribution is 0.539. The first-order valence-corrected chi connectivity index (χ1v) is 8.76. The molecule has 2 atom stereocenters. The third kappa shape index (κ3) is 6.03. The average molecular weight is 298 g/mol. The summed E-state index contributed by atoms with van der Waals surface area (Å²) in [5.74, 6) is 0. The molecular formula is C15H26N2O2S. The van der Waals surface area contributed by atoms with Crippen LogP contribution in [-0.4, -0.2) is 32.8 Å². The van der Waals surface area contributed by atoms with Crippen molar-refractivity contribution in [3.05, 3.63) is 35.9 Å². The molecule has 0 aliphatic carbocycles. The van der Waals surface area contributed by atoms with Gasteiger partial charge >= 0.3 is 0 Å². The first kappa shape index (κ1) is 17.1. The van der Waals surface area contributed by atoms with E-state index in [9.17, 15) is 8.42 Å². The molecule has 5 heteroatoms. The quantitative estimate of drug-likeness (QED) is 0.685. The van der Waals surface area contributed by atoms with E-state index in [1.54, 1.807) is 6.92 Å². The van der Waals surface area contributed by atoms with Crippen LogP contribution in [0.25, 0.3) is 0 Å². The maximum Gasteiger partial charge on any atom is 0.215 e. The van der Waals surface area contributed by atoms with Gasteiger partial charge in [0.15, 0.2) is 0 Å².